The summed E-state index contributed by atoms with van der Waals surface area (Å²) in [5.74, 6) is -0.951. The molecular formula is C15H17F2N3OS2. The van der Waals surface area contributed by atoms with Gasteiger partial charge >= 0.3 is 0 Å². The zero-order valence-electron chi connectivity index (χ0n) is 12.5. The van der Waals surface area contributed by atoms with Crippen LogP contribution in [0.2, 0.25) is 0 Å². The number of amides is 1. The quantitative estimate of drug-likeness (QED) is 0.799. The highest BCUT2D eigenvalue weighted by Crippen LogP contribution is 2.20. The van der Waals surface area contributed by atoms with E-state index in [0.717, 1.165) is 24.3 Å². The van der Waals surface area contributed by atoms with Gasteiger partial charge in [0, 0.05) is 17.5 Å². The Bertz CT molecular complexity index is 658. The summed E-state index contributed by atoms with van der Waals surface area (Å²) in [6, 6.07) is 3.36. The highest BCUT2D eigenvalue weighted by atomic mass is 32.2. The van der Waals surface area contributed by atoms with Crippen molar-refractivity contribution >= 4 is 29.0 Å². The molecule has 1 atom stereocenters. The predicted molar refractivity (Wildman–Crippen MR) is 89.6 cm³/mol. The van der Waals surface area contributed by atoms with E-state index in [1.165, 1.54) is 17.4 Å². The summed E-state index contributed by atoms with van der Waals surface area (Å²) in [6.07, 6.45) is 2.77. The first-order valence-electron chi connectivity index (χ1n) is 6.94. The molecule has 0 spiro atoms. The van der Waals surface area contributed by atoms with E-state index in [-0.39, 0.29) is 23.8 Å². The third-order valence-corrected chi connectivity index (χ3v) is 4.81. The third-order valence-electron chi connectivity index (χ3n) is 3.19. The summed E-state index contributed by atoms with van der Waals surface area (Å²) in [7, 11) is 0. The van der Waals surface area contributed by atoms with E-state index in [2.05, 4.69) is 10.3 Å². The molecule has 8 heteroatoms. The Labute approximate surface area is 141 Å². The van der Waals surface area contributed by atoms with Crippen LogP contribution in [0.25, 0.3) is 0 Å². The topological polar surface area (TPSA) is 68.0 Å². The number of aromatic nitrogens is 1. The normalized spacial score (nSPS) is 12.2. The largest absolute Gasteiger partial charge is 0.346 e. The van der Waals surface area contributed by atoms with Gasteiger partial charge in [-0.05, 0) is 30.6 Å². The number of hydrogen-bond acceptors (Lipinski definition) is 5. The minimum absolute atomic E-state index is 0.173. The zero-order chi connectivity index (χ0) is 16.8. The summed E-state index contributed by atoms with van der Waals surface area (Å²) in [6.45, 7) is -0.233. The average Bonchev–Trinajstić information content (AvgIpc) is 3.02. The lowest BCUT2D eigenvalue weighted by Crippen LogP contribution is -2.24. The SMILES string of the molecule is CSCCC(N)c1nc(C(=O)NCc2c(F)cccc2F)cs1. The smallest absolute Gasteiger partial charge is 0.271 e. The Balaban J connectivity index is 1.97. The molecule has 3 N–H and O–H groups in total. The maximum atomic E-state index is 13.5. The van der Waals surface area contributed by atoms with Crippen LogP contribution in [0.5, 0.6) is 0 Å². The fraction of sp³-hybridized carbons (Fsp3) is 0.333. The van der Waals surface area contributed by atoms with E-state index >= 15 is 0 Å². The van der Waals surface area contributed by atoms with E-state index in [9.17, 15) is 13.6 Å². The van der Waals surface area contributed by atoms with Crippen molar-refractivity contribution in [2.45, 2.75) is 19.0 Å². The minimum atomic E-state index is -0.691. The number of halogens is 2. The number of nitrogens with one attached hydrogen (secondary N) is 1. The van der Waals surface area contributed by atoms with Crippen molar-refractivity contribution in [2.24, 2.45) is 5.73 Å². The lowest BCUT2D eigenvalue weighted by molar-refractivity contribution is 0.0945. The standard InChI is InChI=1S/C15H17F2N3OS2/c1-22-6-5-12(18)15-20-13(8-23-15)14(21)19-7-9-10(16)3-2-4-11(9)17/h2-4,8,12H,5-7,18H2,1H3,(H,19,21). The molecule has 0 saturated carbocycles. The first-order chi connectivity index (χ1) is 11.0. The fourth-order valence-corrected chi connectivity index (χ4v) is 3.22. The molecule has 23 heavy (non-hydrogen) atoms. The number of nitrogens with zero attached hydrogens (tertiary/aromatic N) is 1. The summed E-state index contributed by atoms with van der Waals surface area (Å²) >= 11 is 3.00. The number of benzene rings is 1. The predicted octanol–water partition coefficient (Wildman–Crippen LogP) is 3.10. The molecule has 2 aromatic rings. The van der Waals surface area contributed by atoms with Gasteiger partial charge in [0.25, 0.3) is 5.91 Å². The van der Waals surface area contributed by atoms with Crippen LogP contribution in [0.1, 0.15) is 33.5 Å². The molecule has 0 bridgehead atoms. The summed E-state index contributed by atoms with van der Waals surface area (Å²) in [5, 5.41) is 4.75. The molecule has 1 aromatic carbocycles. The lowest BCUT2D eigenvalue weighted by atomic mass is 10.2. The van der Waals surface area contributed by atoms with Crippen LogP contribution in [0, 0.1) is 11.6 Å². The van der Waals surface area contributed by atoms with Gasteiger partial charge in [0.2, 0.25) is 0 Å². The van der Waals surface area contributed by atoms with Gasteiger partial charge in [0.05, 0.1) is 6.04 Å². The molecule has 1 unspecified atom stereocenters. The maximum absolute atomic E-state index is 13.5. The van der Waals surface area contributed by atoms with E-state index in [0.29, 0.717) is 5.01 Å². The molecule has 1 amide bonds. The molecule has 0 aliphatic carbocycles. The van der Waals surface area contributed by atoms with Crippen LogP contribution in [-0.2, 0) is 6.54 Å². The average molecular weight is 357 g/mol. The zero-order valence-corrected chi connectivity index (χ0v) is 14.1. The molecule has 0 radical (unpaired) electrons. The third kappa shape index (κ3) is 4.73. The van der Waals surface area contributed by atoms with Gasteiger partial charge in [-0.15, -0.1) is 11.3 Å². The number of carbonyl (C=O) groups excluding carboxylic acids is 1. The van der Waals surface area contributed by atoms with Crippen molar-refractivity contribution < 1.29 is 13.6 Å². The molecule has 124 valence electrons. The fourth-order valence-electron chi connectivity index (χ4n) is 1.89. The number of rotatable bonds is 7. The summed E-state index contributed by atoms with van der Waals surface area (Å²) in [5.41, 5.74) is 6.04. The minimum Gasteiger partial charge on any atom is -0.346 e. The molecule has 4 nitrogen and oxygen atoms in total. The van der Waals surface area contributed by atoms with Crippen molar-refractivity contribution in [1.82, 2.24) is 10.3 Å². The highest BCUT2D eigenvalue weighted by molar-refractivity contribution is 7.98. The van der Waals surface area contributed by atoms with E-state index in [1.54, 1.807) is 17.1 Å². The Morgan fingerprint density at radius 1 is 1.43 bits per heavy atom. The molecular weight excluding hydrogens is 340 g/mol. The molecule has 2 rings (SSSR count). The first kappa shape index (κ1) is 17.8. The number of nitrogens with two attached hydrogens (primary N) is 1. The molecule has 0 fully saturated rings. The monoisotopic (exact) mass is 357 g/mol. The van der Waals surface area contributed by atoms with Crippen LogP contribution in [-0.4, -0.2) is 22.9 Å². The summed E-state index contributed by atoms with van der Waals surface area (Å²) < 4.78 is 27.0. The number of thioether (sulfide) groups is 1. The number of thiazole rings is 1. The maximum Gasteiger partial charge on any atom is 0.271 e. The van der Waals surface area contributed by atoms with Gasteiger partial charge in [-0.3, -0.25) is 4.79 Å². The molecule has 1 aromatic heterocycles. The van der Waals surface area contributed by atoms with Crippen LogP contribution >= 0.6 is 23.1 Å². The number of carbonyl (C=O) groups is 1. The highest BCUT2D eigenvalue weighted by Gasteiger charge is 2.16. The van der Waals surface area contributed by atoms with Crippen molar-refractivity contribution in [3.05, 3.63) is 51.5 Å². The van der Waals surface area contributed by atoms with Crippen LogP contribution in [0.15, 0.2) is 23.6 Å². The second kappa shape index (κ2) is 8.37. The van der Waals surface area contributed by atoms with E-state index in [1.807, 2.05) is 6.26 Å². The van der Waals surface area contributed by atoms with Crippen molar-refractivity contribution in [3.8, 4) is 0 Å². The van der Waals surface area contributed by atoms with Gasteiger partial charge in [0.1, 0.15) is 22.3 Å². The van der Waals surface area contributed by atoms with E-state index < -0.39 is 17.5 Å². The lowest BCUT2D eigenvalue weighted by Gasteiger charge is -2.07. The van der Waals surface area contributed by atoms with Crippen molar-refractivity contribution in [1.29, 1.82) is 0 Å². The first-order valence-corrected chi connectivity index (χ1v) is 9.21. The Kier molecular flexibility index (Phi) is 6.49. The second-order valence-corrected chi connectivity index (χ2v) is 6.72. The molecule has 0 aliphatic rings. The van der Waals surface area contributed by atoms with Gasteiger partial charge in [-0.25, -0.2) is 13.8 Å². The molecule has 0 saturated heterocycles. The van der Waals surface area contributed by atoms with Gasteiger partial charge in [0.15, 0.2) is 0 Å². The van der Waals surface area contributed by atoms with Crippen molar-refractivity contribution in [2.75, 3.05) is 12.0 Å². The summed E-state index contributed by atoms with van der Waals surface area (Å²) in [4.78, 5) is 16.2. The Hall–Kier alpha value is -1.51. The number of hydrogen-bond donors (Lipinski definition) is 2. The van der Waals surface area contributed by atoms with E-state index in [4.69, 9.17) is 5.73 Å². The Morgan fingerprint density at radius 2 is 2.13 bits per heavy atom. The van der Waals surface area contributed by atoms with Crippen LogP contribution < -0.4 is 11.1 Å². The van der Waals surface area contributed by atoms with Crippen LogP contribution in [0.4, 0.5) is 8.78 Å². The van der Waals surface area contributed by atoms with Gasteiger partial charge in [-0.2, -0.15) is 11.8 Å². The molecule has 1 heterocycles. The molecule has 0 aliphatic heterocycles. The van der Waals surface area contributed by atoms with Crippen molar-refractivity contribution in [3.63, 3.8) is 0 Å². The van der Waals surface area contributed by atoms with Crippen LogP contribution in [0.3, 0.4) is 0 Å². The van der Waals surface area contributed by atoms with Gasteiger partial charge in [-0.1, -0.05) is 6.07 Å². The van der Waals surface area contributed by atoms with Gasteiger partial charge < -0.3 is 11.1 Å². The Morgan fingerprint density at radius 3 is 2.78 bits per heavy atom. The second-order valence-electron chi connectivity index (χ2n) is 4.84.